The van der Waals surface area contributed by atoms with Crippen LogP contribution in [0.1, 0.15) is 65.7 Å². The molecule has 0 fully saturated rings. The van der Waals surface area contributed by atoms with Gasteiger partial charge in [-0.2, -0.15) is 11.8 Å². The normalized spacial score (nSPS) is 13.3. The Hall–Kier alpha value is 0.270. The molecular weight excluding hydrogens is 216 g/mol. The molecule has 0 aliphatic heterocycles. The van der Waals surface area contributed by atoms with Crippen molar-refractivity contribution in [2.24, 2.45) is 5.84 Å². The van der Waals surface area contributed by atoms with Crippen molar-refractivity contribution in [3.8, 4) is 0 Å². The molecule has 0 rings (SSSR count). The molecule has 0 spiro atoms. The van der Waals surface area contributed by atoms with Crippen LogP contribution in [0.15, 0.2) is 0 Å². The third kappa shape index (κ3) is 10.8. The van der Waals surface area contributed by atoms with Gasteiger partial charge < -0.3 is 0 Å². The number of unbranched alkanes of at least 4 members (excludes halogenated alkanes) is 5. The second-order valence-electron chi connectivity index (χ2n) is 4.80. The molecule has 1 unspecified atom stereocenters. The van der Waals surface area contributed by atoms with Crippen LogP contribution in [0, 0.1) is 0 Å². The Morgan fingerprint density at radius 1 is 1.06 bits per heavy atom. The highest BCUT2D eigenvalue weighted by Crippen LogP contribution is 2.14. The van der Waals surface area contributed by atoms with Crippen LogP contribution in [-0.2, 0) is 0 Å². The van der Waals surface area contributed by atoms with Gasteiger partial charge in [-0.05, 0) is 11.7 Å². The highest BCUT2D eigenvalue weighted by atomic mass is 32.2. The van der Waals surface area contributed by atoms with Crippen LogP contribution in [0.3, 0.4) is 0 Å². The van der Waals surface area contributed by atoms with Crippen LogP contribution in [0.4, 0.5) is 0 Å². The van der Waals surface area contributed by atoms with Crippen molar-refractivity contribution in [2.45, 2.75) is 77.0 Å². The molecule has 3 N–H and O–H groups in total. The van der Waals surface area contributed by atoms with E-state index in [-0.39, 0.29) is 0 Å². The summed E-state index contributed by atoms with van der Waals surface area (Å²) < 4.78 is 0. The van der Waals surface area contributed by atoms with E-state index in [1.165, 1.54) is 44.9 Å². The van der Waals surface area contributed by atoms with Crippen LogP contribution in [0.2, 0.25) is 0 Å². The first-order chi connectivity index (χ1) is 7.70. The van der Waals surface area contributed by atoms with Gasteiger partial charge in [0.25, 0.3) is 0 Å². The first kappa shape index (κ1) is 16.3. The number of nitrogens with one attached hydrogen (secondary N) is 1. The lowest BCUT2D eigenvalue weighted by Gasteiger charge is -2.16. The molecule has 0 aromatic heterocycles. The van der Waals surface area contributed by atoms with Crippen LogP contribution >= 0.6 is 11.8 Å². The Morgan fingerprint density at radius 3 is 2.25 bits per heavy atom. The molecule has 0 bridgehead atoms. The summed E-state index contributed by atoms with van der Waals surface area (Å²) in [5.41, 5.74) is 2.94. The van der Waals surface area contributed by atoms with Gasteiger partial charge in [-0.1, -0.05) is 59.3 Å². The summed E-state index contributed by atoms with van der Waals surface area (Å²) in [5, 5.41) is 0.709. The van der Waals surface area contributed by atoms with Gasteiger partial charge in [-0.3, -0.25) is 11.3 Å². The molecule has 0 saturated heterocycles. The van der Waals surface area contributed by atoms with Crippen LogP contribution in [0.25, 0.3) is 0 Å². The molecule has 0 amide bonds. The average molecular weight is 246 g/mol. The Balaban J connectivity index is 3.33. The standard InChI is InChI=1S/C13H30N2S/c1-4-5-6-7-8-9-10-13(15-14)11-16-12(2)3/h12-13,15H,4-11,14H2,1-3H3. The van der Waals surface area contributed by atoms with Crippen LogP contribution < -0.4 is 11.3 Å². The summed E-state index contributed by atoms with van der Waals surface area (Å²) in [6, 6.07) is 0.499. The van der Waals surface area contributed by atoms with Crippen molar-refractivity contribution in [1.82, 2.24) is 5.43 Å². The minimum Gasteiger partial charge on any atom is -0.271 e. The summed E-state index contributed by atoms with van der Waals surface area (Å²) in [6.45, 7) is 6.74. The third-order valence-corrected chi connectivity index (χ3v) is 4.03. The zero-order valence-electron chi connectivity index (χ0n) is 11.3. The summed E-state index contributed by atoms with van der Waals surface area (Å²) in [4.78, 5) is 0. The molecule has 0 aromatic carbocycles. The van der Waals surface area contributed by atoms with E-state index >= 15 is 0 Å². The molecule has 16 heavy (non-hydrogen) atoms. The molecular formula is C13H30N2S. The highest BCUT2D eigenvalue weighted by Gasteiger charge is 2.07. The van der Waals surface area contributed by atoms with Crippen molar-refractivity contribution in [2.75, 3.05) is 5.75 Å². The molecule has 1 atom stereocenters. The van der Waals surface area contributed by atoms with E-state index in [4.69, 9.17) is 5.84 Å². The zero-order valence-corrected chi connectivity index (χ0v) is 12.1. The summed E-state index contributed by atoms with van der Waals surface area (Å²) in [5.74, 6) is 6.70. The largest absolute Gasteiger partial charge is 0.271 e. The molecule has 0 heterocycles. The second kappa shape index (κ2) is 11.7. The lowest BCUT2D eigenvalue weighted by Crippen LogP contribution is -2.37. The lowest BCUT2D eigenvalue weighted by atomic mass is 10.1. The van der Waals surface area contributed by atoms with E-state index in [9.17, 15) is 0 Å². The van der Waals surface area contributed by atoms with E-state index in [1.54, 1.807) is 0 Å². The van der Waals surface area contributed by atoms with Crippen molar-refractivity contribution in [3.05, 3.63) is 0 Å². The lowest BCUT2D eigenvalue weighted by molar-refractivity contribution is 0.494. The van der Waals surface area contributed by atoms with Gasteiger partial charge in [0, 0.05) is 11.8 Å². The summed E-state index contributed by atoms with van der Waals surface area (Å²) >= 11 is 1.99. The fourth-order valence-corrected chi connectivity index (χ4v) is 2.57. The first-order valence-corrected chi connectivity index (χ1v) is 7.83. The van der Waals surface area contributed by atoms with E-state index in [1.807, 2.05) is 11.8 Å². The molecule has 0 aromatic rings. The zero-order chi connectivity index (χ0) is 12.2. The van der Waals surface area contributed by atoms with Crippen molar-refractivity contribution < 1.29 is 0 Å². The second-order valence-corrected chi connectivity index (χ2v) is 6.41. The molecule has 0 aliphatic rings. The Morgan fingerprint density at radius 2 is 1.69 bits per heavy atom. The predicted molar refractivity (Wildman–Crippen MR) is 76.7 cm³/mol. The predicted octanol–water partition coefficient (Wildman–Crippen LogP) is 3.71. The summed E-state index contributed by atoms with van der Waals surface area (Å²) in [6.07, 6.45) is 9.42. The minimum atomic E-state index is 0.499. The van der Waals surface area contributed by atoms with Gasteiger partial charge in [-0.25, -0.2) is 0 Å². The van der Waals surface area contributed by atoms with E-state index in [2.05, 4.69) is 26.2 Å². The number of rotatable bonds is 11. The molecule has 0 aliphatic carbocycles. The highest BCUT2D eigenvalue weighted by molar-refractivity contribution is 7.99. The van der Waals surface area contributed by atoms with E-state index in [0.717, 1.165) is 5.75 Å². The number of nitrogens with two attached hydrogens (primary N) is 1. The monoisotopic (exact) mass is 246 g/mol. The molecule has 3 heteroatoms. The number of hydrogen-bond donors (Lipinski definition) is 2. The fourth-order valence-electron chi connectivity index (χ4n) is 1.69. The van der Waals surface area contributed by atoms with Crippen molar-refractivity contribution in [1.29, 1.82) is 0 Å². The maximum Gasteiger partial charge on any atom is 0.0301 e. The van der Waals surface area contributed by atoms with Crippen LogP contribution in [0.5, 0.6) is 0 Å². The van der Waals surface area contributed by atoms with E-state index in [0.29, 0.717) is 11.3 Å². The molecule has 98 valence electrons. The fraction of sp³-hybridized carbons (Fsp3) is 1.00. The van der Waals surface area contributed by atoms with Crippen molar-refractivity contribution in [3.63, 3.8) is 0 Å². The topological polar surface area (TPSA) is 38.0 Å². The molecule has 0 radical (unpaired) electrons. The molecule has 2 nitrogen and oxygen atoms in total. The van der Waals surface area contributed by atoms with Gasteiger partial charge >= 0.3 is 0 Å². The number of hydrogen-bond acceptors (Lipinski definition) is 3. The Labute approximate surface area is 106 Å². The Bertz CT molecular complexity index is 140. The molecule has 0 saturated carbocycles. The van der Waals surface area contributed by atoms with E-state index < -0.39 is 0 Å². The van der Waals surface area contributed by atoms with Gasteiger partial charge in [0.15, 0.2) is 0 Å². The smallest absolute Gasteiger partial charge is 0.0301 e. The van der Waals surface area contributed by atoms with Gasteiger partial charge in [0.2, 0.25) is 0 Å². The summed E-state index contributed by atoms with van der Waals surface area (Å²) in [7, 11) is 0. The SMILES string of the molecule is CCCCCCCCC(CSC(C)C)NN. The number of hydrazine groups is 1. The third-order valence-electron chi connectivity index (χ3n) is 2.77. The average Bonchev–Trinajstić information content (AvgIpc) is 2.27. The maximum atomic E-state index is 5.56. The minimum absolute atomic E-state index is 0.499. The van der Waals surface area contributed by atoms with Crippen LogP contribution in [-0.4, -0.2) is 17.0 Å². The van der Waals surface area contributed by atoms with Gasteiger partial charge in [-0.15, -0.1) is 0 Å². The quantitative estimate of drug-likeness (QED) is 0.331. The van der Waals surface area contributed by atoms with Gasteiger partial charge in [0.1, 0.15) is 0 Å². The maximum absolute atomic E-state index is 5.56. The van der Waals surface area contributed by atoms with Gasteiger partial charge in [0.05, 0.1) is 0 Å². The Kier molecular flexibility index (Phi) is 11.9. The first-order valence-electron chi connectivity index (χ1n) is 6.78. The number of thioether (sulfide) groups is 1. The van der Waals surface area contributed by atoms with Crippen molar-refractivity contribution >= 4 is 11.8 Å².